The summed E-state index contributed by atoms with van der Waals surface area (Å²) in [5.41, 5.74) is 6.32. The van der Waals surface area contributed by atoms with Crippen molar-refractivity contribution in [1.29, 1.82) is 0 Å². The Morgan fingerprint density at radius 2 is 2.20 bits per heavy atom. The fourth-order valence-corrected chi connectivity index (χ4v) is 3.26. The molecule has 9 heteroatoms. The van der Waals surface area contributed by atoms with Crippen molar-refractivity contribution in [3.8, 4) is 0 Å². The zero-order chi connectivity index (χ0) is 14.9. The van der Waals surface area contributed by atoms with Crippen molar-refractivity contribution in [1.82, 2.24) is 9.78 Å². The second-order valence-electron chi connectivity index (χ2n) is 4.02. The summed E-state index contributed by atoms with van der Waals surface area (Å²) in [6.07, 6.45) is 2.93. The summed E-state index contributed by atoms with van der Waals surface area (Å²) >= 11 is 10.8. The number of hydrogen-bond donors (Lipinski definition) is 2. The van der Waals surface area contributed by atoms with Gasteiger partial charge < -0.3 is 5.73 Å². The first-order valence-corrected chi connectivity index (χ1v) is 7.67. The third-order valence-corrected chi connectivity index (χ3v) is 4.56. The van der Waals surface area contributed by atoms with Crippen LogP contribution in [0.15, 0.2) is 35.5 Å². The number of rotatable bonds is 4. The molecule has 1 aromatic heterocycles. The van der Waals surface area contributed by atoms with Crippen LogP contribution in [0.2, 0.25) is 5.02 Å². The SMILES string of the molecule is Cn1cc(NS(=O)(=O)c2ccc(C(N)=S)cc2Cl)cn1. The van der Waals surface area contributed by atoms with Crippen molar-refractivity contribution in [2.45, 2.75) is 4.90 Å². The van der Waals surface area contributed by atoms with Crippen molar-refractivity contribution in [3.63, 3.8) is 0 Å². The van der Waals surface area contributed by atoms with E-state index in [4.69, 9.17) is 29.6 Å². The lowest BCUT2D eigenvalue weighted by molar-refractivity contribution is 0.601. The van der Waals surface area contributed by atoms with Gasteiger partial charge in [0.05, 0.1) is 16.9 Å². The number of nitrogens with zero attached hydrogens (tertiary/aromatic N) is 2. The number of nitrogens with two attached hydrogens (primary N) is 1. The average Bonchev–Trinajstić information content (AvgIpc) is 2.73. The number of benzene rings is 1. The fraction of sp³-hybridized carbons (Fsp3) is 0.0909. The lowest BCUT2D eigenvalue weighted by Gasteiger charge is -2.08. The lowest BCUT2D eigenvalue weighted by atomic mass is 10.2. The Morgan fingerprint density at radius 1 is 1.50 bits per heavy atom. The predicted octanol–water partition coefficient (Wildman–Crippen LogP) is 1.51. The summed E-state index contributed by atoms with van der Waals surface area (Å²) in [5, 5.41) is 3.93. The molecule has 0 aliphatic heterocycles. The van der Waals surface area contributed by atoms with Crippen LogP contribution in [0.5, 0.6) is 0 Å². The molecule has 0 saturated carbocycles. The molecule has 2 aromatic rings. The van der Waals surface area contributed by atoms with Gasteiger partial charge in [-0.05, 0) is 12.1 Å². The van der Waals surface area contributed by atoms with Crippen LogP contribution in [0.1, 0.15) is 5.56 Å². The molecule has 3 N–H and O–H groups in total. The number of aromatic nitrogens is 2. The van der Waals surface area contributed by atoms with E-state index in [1.165, 1.54) is 35.3 Å². The fourth-order valence-electron chi connectivity index (χ4n) is 1.56. The Kier molecular flexibility index (Phi) is 3.98. The summed E-state index contributed by atoms with van der Waals surface area (Å²) in [6.45, 7) is 0. The molecule has 0 amide bonds. The number of thiocarbonyl (C=S) groups is 1. The van der Waals surface area contributed by atoms with E-state index in [2.05, 4.69) is 9.82 Å². The minimum absolute atomic E-state index is 0.0479. The highest BCUT2D eigenvalue weighted by molar-refractivity contribution is 7.92. The Balaban J connectivity index is 2.37. The minimum atomic E-state index is -3.79. The van der Waals surface area contributed by atoms with Crippen molar-refractivity contribution < 1.29 is 8.42 Å². The molecule has 0 aliphatic rings. The average molecular weight is 331 g/mol. The standard InChI is InChI=1S/C11H11ClN4O2S2/c1-16-6-8(5-14-16)15-20(17,18)10-3-2-7(11(13)19)4-9(10)12/h2-6,15H,1H3,(H2,13,19). The van der Waals surface area contributed by atoms with Crippen LogP contribution in [-0.4, -0.2) is 23.2 Å². The Hall–Kier alpha value is -1.64. The number of halogens is 1. The van der Waals surface area contributed by atoms with Crippen LogP contribution in [0, 0.1) is 0 Å². The number of sulfonamides is 1. The highest BCUT2D eigenvalue weighted by Crippen LogP contribution is 2.24. The summed E-state index contributed by atoms with van der Waals surface area (Å²) < 4.78 is 28.3. The highest BCUT2D eigenvalue weighted by atomic mass is 35.5. The first-order valence-electron chi connectivity index (χ1n) is 5.40. The first kappa shape index (κ1) is 14.8. The number of aryl methyl sites for hydroxylation is 1. The topological polar surface area (TPSA) is 90.0 Å². The Labute approximate surface area is 126 Å². The van der Waals surface area contributed by atoms with E-state index in [-0.39, 0.29) is 14.9 Å². The van der Waals surface area contributed by atoms with E-state index in [9.17, 15) is 8.42 Å². The van der Waals surface area contributed by atoms with Crippen LogP contribution in [0.3, 0.4) is 0 Å². The van der Waals surface area contributed by atoms with Gasteiger partial charge in [-0.1, -0.05) is 29.9 Å². The molecule has 20 heavy (non-hydrogen) atoms. The maximum atomic E-state index is 12.2. The molecule has 6 nitrogen and oxygen atoms in total. The van der Waals surface area contributed by atoms with Gasteiger partial charge >= 0.3 is 0 Å². The van der Waals surface area contributed by atoms with E-state index < -0.39 is 10.0 Å². The number of hydrogen-bond acceptors (Lipinski definition) is 4. The second-order valence-corrected chi connectivity index (χ2v) is 6.52. The molecule has 0 fully saturated rings. The van der Waals surface area contributed by atoms with Gasteiger partial charge in [-0.2, -0.15) is 5.10 Å². The van der Waals surface area contributed by atoms with Gasteiger partial charge in [0.15, 0.2) is 0 Å². The van der Waals surface area contributed by atoms with Gasteiger partial charge in [0.2, 0.25) is 0 Å². The van der Waals surface area contributed by atoms with E-state index in [0.29, 0.717) is 11.3 Å². The van der Waals surface area contributed by atoms with E-state index in [1.54, 1.807) is 7.05 Å². The quantitative estimate of drug-likeness (QED) is 0.829. The van der Waals surface area contributed by atoms with E-state index >= 15 is 0 Å². The monoisotopic (exact) mass is 330 g/mol. The van der Waals surface area contributed by atoms with Gasteiger partial charge in [0.1, 0.15) is 9.88 Å². The van der Waals surface area contributed by atoms with Crippen LogP contribution in [-0.2, 0) is 17.1 Å². The van der Waals surface area contributed by atoms with E-state index in [1.807, 2.05) is 0 Å². The van der Waals surface area contributed by atoms with Gasteiger partial charge in [-0.15, -0.1) is 0 Å². The smallest absolute Gasteiger partial charge is 0.263 e. The molecule has 0 aliphatic carbocycles. The Morgan fingerprint density at radius 3 is 2.70 bits per heavy atom. The summed E-state index contributed by atoms with van der Waals surface area (Å²) in [4.78, 5) is 0.0964. The molecule has 1 aromatic carbocycles. The lowest BCUT2D eigenvalue weighted by Crippen LogP contribution is -2.14. The van der Waals surface area contributed by atoms with Crippen molar-refractivity contribution >= 4 is 44.5 Å². The first-order chi connectivity index (χ1) is 9.29. The normalized spacial score (nSPS) is 11.3. The van der Waals surface area contributed by atoms with Crippen molar-refractivity contribution in [2.75, 3.05) is 4.72 Å². The van der Waals surface area contributed by atoms with Crippen molar-refractivity contribution in [2.24, 2.45) is 12.8 Å². The molecular formula is C11H11ClN4O2S2. The molecular weight excluding hydrogens is 320 g/mol. The molecule has 0 saturated heterocycles. The maximum absolute atomic E-state index is 12.2. The minimum Gasteiger partial charge on any atom is -0.389 e. The van der Waals surface area contributed by atoms with Crippen LogP contribution in [0.4, 0.5) is 5.69 Å². The predicted molar refractivity (Wildman–Crippen MR) is 81.4 cm³/mol. The second kappa shape index (κ2) is 5.39. The van der Waals surface area contributed by atoms with Gasteiger partial charge in [-0.25, -0.2) is 8.42 Å². The summed E-state index contributed by atoms with van der Waals surface area (Å²) in [7, 11) is -2.11. The zero-order valence-corrected chi connectivity index (χ0v) is 12.8. The zero-order valence-electron chi connectivity index (χ0n) is 10.4. The molecule has 106 valence electrons. The summed E-state index contributed by atoms with van der Waals surface area (Å²) in [6, 6.07) is 4.28. The number of anilines is 1. The largest absolute Gasteiger partial charge is 0.389 e. The van der Waals surface area contributed by atoms with Gasteiger partial charge in [0, 0.05) is 18.8 Å². The maximum Gasteiger partial charge on any atom is 0.263 e. The van der Waals surface area contributed by atoms with Crippen LogP contribution >= 0.6 is 23.8 Å². The Bertz CT molecular complexity index is 770. The van der Waals surface area contributed by atoms with E-state index in [0.717, 1.165) is 0 Å². The molecule has 1 heterocycles. The molecule has 0 radical (unpaired) electrons. The third-order valence-electron chi connectivity index (χ3n) is 2.46. The van der Waals surface area contributed by atoms with Crippen LogP contribution in [0.25, 0.3) is 0 Å². The number of nitrogens with one attached hydrogen (secondary N) is 1. The third kappa shape index (κ3) is 3.09. The molecule has 0 spiro atoms. The van der Waals surface area contributed by atoms with Crippen molar-refractivity contribution in [3.05, 3.63) is 41.2 Å². The molecule has 0 unspecified atom stereocenters. The molecule has 2 rings (SSSR count). The van der Waals surface area contributed by atoms with Gasteiger partial charge in [-0.3, -0.25) is 9.40 Å². The molecule has 0 atom stereocenters. The molecule has 0 bridgehead atoms. The summed E-state index contributed by atoms with van der Waals surface area (Å²) in [5.74, 6) is 0. The van der Waals surface area contributed by atoms with Crippen LogP contribution < -0.4 is 10.5 Å². The van der Waals surface area contributed by atoms with Gasteiger partial charge in [0.25, 0.3) is 10.0 Å². The highest BCUT2D eigenvalue weighted by Gasteiger charge is 2.19.